The second kappa shape index (κ2) is 11.3. The Balaban J connectivity index is 0.00000288. The number of hydrogen-bond donors (Lipinski definition) is 2. The summed E-state index contributed by atoms with van der Waals surface area (Å²) in [5.41, 5.74) is 1.54. The Kier molecular flexibility index (Phi) is 10.2. The van der Waals surface area contributed by atoms with Crippen LogP contribution >= 0.6 is 24.0 Å². The van der Waals surface area contributed by atoms with Crippen molar-refractivity contribution in [1.29, 1.82) is 0 Å². The lowest BCUT2D eigenvalue weighted by Gasteiger charge is -2.16. The van der Waals surface area contributed by atoms with Gasteiger partial charge in [0.25, 0.3) is 0 Å². The normalized spacial score (nSPS) is 21.0. The Labute approximate surface area is 163 Å². The van der Waals surface area contributed by atoms with Crippen LogP contribution < -0.4 is 10.6 Å². The molecule has 1 fully saturated rings. The van der Waals surface area contributed by atoms with E-state index in [4.69, 9.17) is 0 Å². The highest BCUT2D eigenvalue weighted by atomic mass is 127. The average molecular weight is 470 g/mol. The standard InChI is InChI=1S/C16H30N4O2S.HI/c1-2-17-16(18-10-9-15-7-4-3-5-8-15)19-11-13-20-12-6-14-23(20,21)22;/h7H,2-6,8-14H2,1H3,(H2,17,18,19);1H. The molecule has 0 radical (unpaired) electrons. The molecule has 0 saturated carbocycles. The Bertz CT molecular complexity index is 534. The van der Waals surface area contributed by atoms with Gasteiger partial charge >= 0.3 is 0 Å². The SMILES string of the molecule is CCNC(=NCCN1CCCS1(=O)=O)NCCC1=CCCCC1.I. The maximum absolute atomic E-state index is 11.8. The number of nitrogens with one attached hydrogen (secondary N) is 2. The maximum atomic E-state index is 11.8. The summed E-state index contributed by atoms with van der Waals surface area (Å²) in [5.74, 6) is 1.06. The van der Waals surface area contributed by atoms with Crippen molar-refractivity contribution in [2.45, 2.75) is 45.4 Å². The smallest absolute Gasteiger partial charge is 0.214 e. The van der Waals surface area contributed by atoms with Crippen molar-refractivity contribution in [1.82, 2.24) is 14.9 Å². The molecule has 2 aliphatic rings. The number of aliphatic imine (C=N–C) groups is 1. The molecule has 2 N–H and O–H groups in total. The molecule has 0 aromatic carbocycles. The summed E-state index contributed by atoms with van der Waals surface area (Å²) in [6, 6.07) is 0. The minimum absolute atomic E-state index is 0. The van der Waals surface area contributed by atoms with Gasteiger partial charge in [0.05, 0.1) is 12.3 Å². The number of guanidine groups is 1. The molecular formula is C16H31IN4O2S. The Morgan fingerprint density at radius 1 is 1.29 bits per heavy atom. The minimum Gasteiger partial charge on any atom is -0.357 e. The van der Waals surface area contributed by atoms with Gasteiger partial charge in [0.2, 0.25) is 10.0 Å². The van der Waals surface area contributed by atoms with Gasteiger partial charge in [-0.05, 0) is 45.4 Å². The summed E-state index contributed by atoms with van der Waals surface area (Å²) in [7, 11) is -3.01. The van der Waals surface area contributed by atoms with E-state index < -0.39 is 10.0 Å². The quantitative estimate of drug-likeness (QED) is 0.259. The van der Waals surface area contributed by atoms with Crippen LogP contribution in [0.1, 0.15) is 45.4 Å². The van der Waals surface area contributed by atoms with Gasteiger partial charge in [-0.2, -0.15) is 0 Å². The zero-order chi connectivity index (χ0) is 16.5. The minimum atomic E-state index is -3.01. The first-order valence-corrected chi connectivity index (χ1v) is 10.4. The van der Waals surface area contributed by atoms with E-state index in [2.05, 4.69) is 21.7 Å². The van der Waals surface area contributed by atoms with E-state index in [1.54, 1.807) is 9.88 Å². The topological polar surface area (TPSA) is 73.8 Å². The number of nitrogens with zero attached hydrogens (tertiary/aromatic N) is 2. The summed E-state index contributed by atoms with van der Waals surface area (Å²) in [6.45, 7) is 5.32. The fourth-order valence-electron chi connectivity index (χ4n) is 3.03. The van der Waals surface area contributed by atoms with E-state index in [9.17, 15) is 8.42 Å². The summed E-state index contributed by atoms with van der Waals surface area (Å²) in [5, 5.41) is 6.56. The third-order valence-electron chi connectivity index (χ3n) is 4.29. The molecule has 1 heterocycles. The van der Waals surface area contributed by atoms with Gasteiger partial charge in [0.1, 0.15) is 0 Å². The molecule has 8 heteroatoms. The molecule has 24 heavy (non-hydrogen) atoms. The molecular weight excluding hydrogens is 439 g/mol. The van der Waals surface area contributed by atoms with Crippen LogP contribution in [0.25, 0.3) is 0 Å². The van der Waals surface area contributed by atoms with Crippen LogP contribution in [0.15, 0.2) is 16.6 Å². The molecule has 6 nitrogen and oxygen atoms in total. The first-order valence-electron chi connectivity index (χ1n) is 8.80. The molecule has 1 aliphatic carbocycles. The van der Waals surface area contributed by atoms with Crippen molar-refractivity contribution in [3.05, 3.63) is 11.6 Å². The van der Waals surface area contributed by atoms with E-state index in [0.717, 1.165) is 31.9 Å². The van der Waals surface area contributed by atoms with Crippen molar-refractivity contribution >= 4 is 40.0 Å². The second-order valence-electron chi connectivity index (χ2n) is 6.11. The van der Waals surface area contributed by atoms with E-state index in [1.165, 1.54) is 25.7 Å². The van der Waals surface area contributed by atoms with E-state index >= 15 is 0 Å². The summed E-state index contributed by atoms with van der Waals surface area (Å²) < 4.78 is 25.0. The number of halogens is 1. The molecule has 0 aromatic heterocycles. The van der Waals surface area contributed by atoms with Gasteiger partial charge in [0, 0.05) is 26.2 Å². The van der Waals surface area contributed by atoms with Crippen LogP contribution in [0.2, 0.25) is 0 Å². The Hall–Kier alpha value is -0.350. The van der Waals surface area contributed by atoms with Crippen molar-refractivity contribution in [2.75, 3.05) is 38.5 Å². The number of allylic oxidation sites excluding steroid dienone is 1. The molecule has 0 amide bonds. The van der Waals surface area contributed by atoms with Crippen LogP contribution in [-0.4, -0.2) is 57.2 Å². The Morgan fingerprint density at radius 2 is 2.12 bits per heavy atom. The number of rotatable bonds is 7. The first kappa shape index (κ1) is 21.7. The molecule has 0 unspecified atom stereocenters. The highest BCUT2D eigenvalue weighted by molar-refractivity contribution is 14.0. The zero-order valence-electron chi connectivity index (χ0n) is 14.6. The summed E-state index contributed by atoms with van der Waals surface area (Å²) in [4.78, 5) is 4.49. The molecule has 2 rings (SSSR count). The van der Waals surface area contributed by atoms with Crippen molar-refractivity contribution in [3.63, 3.8) is 0 Å². The first-order chi connectivity index (χ1) is 11.1. The highest BCUT2D eigenvalue weighted by Crippen LogP contribution is 2.19. The second-order valence-corrected chi connectivity index (χ2v) is 8.20. The molecule has 0 aromatic rings. The van der Waals surface area contributed by atoms with Crippen LogP contribution in [0, 0.1) is 0 Å². The molecule has 1 saturated heterocycles. The summed E-state index contributed by atoms with van der Waals surface area (Å²) >= 11 is 0. The molecule has 0 atom stereocenters. The van der Waals surface area contributed by atoms with Crippen LogP contribution in [0.5, 0.6) is 0 Å². The van der Waals surface area contributed by atoms with Crippen LogP contribution in [-0.2, 0) is 10.0 Å². The largest absolute Gasteiger partial charge is 0.357 e. The van der Waals surface area contributed by atoms with E-state index in [0.29, 0.717) is 19.6 Å². The van der Waals surface area contributed by atoms with Gasteiger partial charge < -0.3 is 10.6 Å². The monoisotopic (exact) mass is 470 g/mol. The van der Waals surface area contributed by atoms with Gasteiger partial charge in [-0.25, -0.2) is 12.7 Å². The van der Waals surface area contributed by atoms with Gasteiger partial charge in [-0.3, -0.25) is 4.99 Å². The lowest BCUT2D eigenvalue weighted by Crippen LogP contribution is -2.38. The predicted octanol–water partition coefficient (Wildman–Crippen LogP) is 2.09. The molecule has 1 aliphatic heterocycles. The van der Waals surface area contributed by atoms with Crippen LogP contribution in [0.4, 0.5) is 0 Å². The van der Waals surface area contributed by atoms with Gasteiger partial charge in [-0.1, -0.05) is 11.6 Å². The van der Waals surface area contributed by atoms with Crippen LogP contribution in [0.3, 0.4) is 0 Å². The van der Waals surface area contributed by atoms with E-state index in [1.807, 2.05) is 6.92 Å². The van der Waals surface area contributed by atoms with Crippen molar-refractivity contribution in [3.8, 4) is 0 Å². The van der Waals surface area contributed by atoms with E-state index in [-0.39, 0.29) is 29.7 Å². The van der Waals surface area contributed by atoms with Crippen molar-refractivity contribution in [2.24, 2.45) is 4.99 Å². The fraction of sp³-hybridized carbons (Fsp3) is 0.812. The molecule has 0 spiro atoms. The van der Waals surface area contributed by atoms with Gasteiger partial charge in [-0.15, -0.1) is 24.0 Å². The maximum Gasteiger partial charge on any atom is 0.214 e. The third-order valence-corrected chi connectivity index (χ3v) is 6.25. The third kappa shape index (κ3) is 7.26. The fourth-order valence-corrected chi connectivity index (χ4v) is 4.55. The van der Waals surface area contributed by atoms with Crippen molar-refractivity contribution < 1.29 is 8.42 Å². The average Bonchev–Trinajstić information content (AvgIpc) is 2.87. The summed E-state index contributed by atoms with van der Waals surface area (Å²) in [6.07, 6.45) is 9.23. The zero-order valence-corrected chi connectivity index (χ0v) is 17.7. The lowest BCUT2D eigenvalue weighted by atomic mass is 9.97. The lowest BCUT2D eigenvalue weighted by molar-refractivity contribution is 0.452. The Morgan fingerprint density at radius 3 is 2.75 bits per heavy atom. The van der Waals surface area contributed by atoms with Gasteiger partial charge in [0.15, 0.2) is 5.96 Å². The highest BCUT2D eigenvalue weighted by Gasteiger charge is 2.27. The molecule has 0 bridgehead atoms. The number of hydrogen-bond acceptors (Lipinski definition) is 3. The molecule has 140 valence electrons. The predicted molar refractivity (Wildman–Crippen MR) is 111 cm³/mol. The number of sulfonamides is 1.